The Morgan fingerprint density at radius 3 is 1.84 bits per heavy atom. The molecule has 1 heterocycles. The minimum Gasteiger partial charge on any atom is -0.454 e. The van der Waals surface area contributed by atoms with Crippen molar-refractivity contribution in [1.82, 2.24) is 0 Å². The van der Waals surface area contributed by atoms with Crippen molar-refractivity contribution in [2.75, 3.05) is 4.90 Å². The van der Waals surface area contributed by atoms with Crippen LogP contribution in [0.4, 0.5) is 11.4 Å². The summed E-state index contributed by atoms with van der Waals surface area (Å²) in [6.45, 7) is 0. The van der Waals surface area contributed by atoms with Crippen molar-refractivity contribution in [3.63, 3.8) is 0 Å². The maximum atomic E-state index is 6.63. The van der Waals surface area contributed by atoms with Gasteiger partial charge in [-0.1, -0.05) is 127 Å². The van der Waals surface area contributed by atoms with E-state index in [1.807, 2.05) is 6.07 Å². The van der Waals surface area contributed by atoms with Gasteiger partial charge in [-0.3, -0.25) is 0 Å². The molecule has 1 aliphatic carbocycles. The van der Waals surface area contributed by atoms with Crippen LogP contribution >= 0.6 is 0 Å². The van der Waals surface area contributed by atoms with E-state index in [2.05, 4.69) is 151 Å². The van der Waals surface area contributed by atoms with Gasteiger partial charge in [0.05, 0.1) is 11.4 Å². The molecule has 0 aliphatic heterocycles. The number of allylic oxidation sites excluding steroid dienone is 2. The van der Waals surface area contributed by atoms with E-state index in [1.54, 1.807) is 0 Å². The molecule has 0 N–H and O–H groups in total. The maximum absolute atomic E-state index is 6.63. The van der Waals surface area contributed by atoms with Gasteiger partial charge in [-0.05, 0) is 68.1 Å². The van der Waals surface area contributed by atoms with Crippen molar-refractivity contribution in [2.24, 2.45) is 0 Å². The van der Waals surface area contributed by atoms with Gasteiger partial charge in [0.1, 0.15) is 5.58 Å². The number of fused-ring (bicyclic) bond motifs is 10. The number of para-hydroxylation sites is 2. The molecule has 0 saturated heterocycles. The van der Waals surface area contributed by atoms with E-state index < -0.39 is 0 Å². The molecule has 0 fully saturated rings. The molecule has 0 unspecified atom stereocenters. The normalized spacial score (nSPS) is 13.1. The Morgan fingerprint density at radius 2 is 1.02 bits per heavy atom. The lowest BCUT2D eigenvalue weighted by Crippen LogP contribution is -2.27. The summed E-state index contributed by atoms with van der Waals surface area (Å²) in [6, 6.07) is 47.6. The van der Waals surface area contributed by atoms with Gasteiger partial charge in [0, 0.05) is 21.9 Å². The van der Waals surface area contributed by atoms with Gasteiger partial charge in [0.15, 0.2) is 5.58 Å². The van der Waals surface area contributed by atoms with E-state index in [0.29, 0.717) is 0 Å². The van der Waals surface area contributed by atoms with Crippen molar-refractivity contribution in [1.29, 1.82) is 0 Å². The summed E-state index contributed by atoms with van der Waals surface area (Å²) in [4.78, 5) is 2.40. The van der Waals surface area contributed by atoms with Gasteiger partial charge in [-0.2, -0.15) is 0 Å². The second-order valence-electron chi connectivity index (χ2n) is 11.2. The summed E-state index contributed by atoms with van der Waals surface area (Å²) < 4.78 is 6.63. The summed E-state index contributed by atoms with van der Waals surface area (Å²) >= 11 is 0. The predicted octanol–water partition coefficient (Wildman–Crippen LogP) is 9.73. The van der Waals surface area contributed by atoms with Crippen LogP contribution in [-0.4, -0.2) is 0 Å². The number of benzene rings is 7. The van der Waals surface area contributed by atoms with Gasteiger partial charge in [-0.15, -0.1) is 0 Å². The molecule has 0 amide bonds. The molecule has 8 aromatic rings. The first kappa shape index (κ1) is 24.0. The number of nitrogens with zero attached hydrogens (tertiary/aromatic N) is 1. The Balaban J connectivity index is 1.40. The summed E-state index contributed by atoms with van der Waals surface area (Å²) in [5.41, 5.74) is 5.07. The molecule has 0 spiro atoms. The third-order valence-electron chi connectivity index (χ3n) is 8.85. The van der Waals surface area contributed by atoms with Crippen LogP contribution in [0, 0.1) is 0 Å². The average molecular weight is 550 g/mol. The van der Waals surface area contributed by atoms with Crippen LogP contribution in [-0.2, 0) is 0 Å². The van der Waals surface area contributed by atoms with Crippen LogP contribution in [0.25, 0.3) is 66.4 Å². The predicted molar refractivity (Wildman–Crippen MR) is 182 cm³/mol. The van der Waals surface area contributed by atoms with E-state index in [1.165, 1.54) is 42.8 Å². The third kappa shape index (κ3) is 3.67. The summed E-state index contributed by atoms with van der Waals surface area (Å²) in [7, 11) is 0. The summed E-state index contributed by atoms with van der Waals surface area (Å²) in [6.07, 6.45) is 7.94. The molecular formula is C41H27NO. The molecular weight excluding hydrogens is 522 g/mol. The lowest BCUT2D eigenvalue weighted by molar-refractivity contribution is 0.669. The second kappa shape index (κ2) is 9.47. The zero-order valence-electron chi connectivity index (χ0n) is 23.5. The Bertz CT molecular complexity index is 2550. The minimum absolute atomic E-state index is 0.818. The first-order chi connectivity index (χ1) is 21.3. The minimum atomic E-state index is 0.818. The standard InChI is InChI=1S/C41H27NO/c1-2-15-29-27(12-1)13-9-23-38(29)42(39-24-11-22-36-35-20-7-8-25-40(35)43-41(36)39)28-14-10-21-34-32-18-4-3-16-30(32)31-17-5-6-19-33(31)37(34)26-28/h1-9,11-26H,10H2. The monoisotopic (exact) mass is 549 g/mol. The van der Waals surface area contributed by atoms with Gasteiger partial charge in [-0.25, -0.2) is 0 Å². The SMILES string of the molecule is C1=C(N(c2cccc3ccccc23)c2cccc3c2oc2ccccc23)C=c2c(c3ccccc3c3ccccc23)=CC1. The number of anilines is 2. The van der Waals surface area contributed by atoms with Crippen LogP contribution in [0.5, 0.6) is 0 Å². The van der Waals surface area contributed by atoms with Crippen LogP contribution in [0.1, 0.15) is 6.42 Å². The Kier molecular flexibility index (Phi) is 5.30. The molecule has 1 aromatic heterocycles. The molecule has 1 aliphatic rings. The highest BCUT2D eigenvalue weighted by molar-refractivity contribution is 6.12. The topological polar surface area (TPSA) is 16.4 Å². The highest BCUT2D eigenvalue weighted by Gasteiger charge is 2.22. The third-order valence-corrected chi connectivity index (χ3v) is 8.85. The molecule has 0 saturated carbocycles. The van der Waals surface area contributed by atoms with E-state index in [9.17, 15) is 0 Å². The van der Waals surface area contributed by atoms with E-state index >= 15 is 0 Å². The molecule has 0 bridgehead atoms. The fraction of sp³-hybridized carbons (Fsp3) is 0.0244. The van der Waals surface area contributed by atoms with Crippen molar-refractivity contribution in [3.05, 3.63) is 156 Å². The molecule has 9 rings (SSSR count). The van der Waals surface area contributed by atoms with Crippen LogP contribution in [0.2, 0.25) is 0 Å². The molecule has 43 heavy (non-hydrogen) atoms. The first-order valence-corrected chi connectivity index (χ1v) is 14.8. The molecule has 202 valence electrons. The second-order valence-corrected chi connectivity index (χ2v) is 11.2. The molecule has 0 atom stereocenters. The zero-order chi connectivity index (χ0) is 28.3. The molecule has 7 aromatic carbocycles. The van der Waals surface area contributed by atoms with E-state index in [-0.39, 0.29) is 0 Å². The summed E-state index contributed by atoms with van der Waals surface area (Å²) in [5, 5.41) is 12.3. The fourth-order valence-corrected chi connectivity index (χ4v) is 6.95. The highest BCUT2D eigenvalue weighted by Crippen LogP contribution is 2.42. The van der Waals surface area contributed by atoms with Crippen molar-refractivity contribution >= 4 is 77.8 Å². The fourth-order valence-electron chi connectivity index (χ4n) is 6.95. The lowest BCUT2D eigenvalue weighted by atomic mass is 9.97. The average Bonchev–Trinajstić information content (AvgIpc) is 3.31. The van der Waals surface area contributed by atoms with Crippen LogP contribution in [0.3, 0.4) is 0 Å². The largest absolute Gasteiger partial charge is 0.454 e. The quantitative estimate of drug-likeness (QED) is 0.204. The maximum Gasteiger partial charge on any atom is 0.159 e. The van der Waals surface area contributed by atoms with E-state index in [0.717, 1.165) is 45.4 Å². The Labute approximate surface area is 248 Å². The Morgan fingerprint density at radius 1 is 0.442 bits per heavy atom. The number of furan rings is 1. The number of rotatable bonds is 3. The van der Waals surface area contributed by atoms with Gasteiger partial charge < -0.3 is 9.32 Å². The van der Waals surface area contributed by atoms with E-state index in [4.69, 9.17) is 4.42 Å². The lowest BCUT2D eigenvalue weighted by Gasteiger charge is -2.28. The van der Waals surface area contributed by atoms with Gasteiger partial charge in [0.2, 0.25) is 0 Å². The van der Waals surface area contributed by atoms with Crippen LogP contribution in [0.15, 0.2) is 150 Å². The van der Waals surface area contributed by atoms with Crippen LogP contribution < -0.4 is 15.3 Å². The molecule has 2 heteroatoms. The van der Waals surface area contributed by atoms with Crippen molar-refractivity contribution in [2.45, 2.75) is 6.42 Å². The number of hydrogen-bond acceptors (Lipinski definition) is 2. The van der Waals surface area contributed by atoms with Gasteiger partial charge in [0.25, 0.3) is 0 Å². The highest BCUT2D eigenvalue weighted by atomic mass is 16.3. The van der Waals surface area contributed by atoms with Gasteiger partial charge >= 0.3 is 0 Å². The van der Waals surface area contributed by atoms with Crippen molar-refractivity contribution < 1.29 is 4.42 Å². The Hall–Kier alpha value is -5.60. The van der Waals surface area contributed by atoms with Crippen molar-refractivity contribution in [3.8, 4) is 0 Å². The molecule has 0 radical (unpaired) electrons. The zero-order valence-corrected chi connectivity index (χ0v) is 23.5. The number of hydrogen-bond donors (Lipinski definition) is 0. The first-order valence-electron chi connectivity index (χ1n) is 14.8. The summed E-state index contributed by atoms with van der Waals surface area (Å²) in [5.74, 6) is 0. The smallest absolute Gasteiger partial charge is 0.159 e. The molecule has 2 nitrogen and oxygen atoms in total.